The van der Waals surface area contributed by atoms with Gasteiger partial charge in [-0.2, -0.15) is 12.6 Å². The first kappa shape index (κ1) is 26.9. The number of carbonyl (C=O) groups excluding carboxylic acids is 4. The van der Waals surface area contributed by atoms with Crippen molar-refractivity contribution in [2.45, 2.75) is 44.0 Å². The van der Waals surface area contributed by atoms with Gasteiger partial charge in [0.05, 0.1) is 16.4 Å². The van der Waals surface area contributed by atoms with Crippen LogP contribution >= 0.6 is 12.6 Å². The van der Waals surface area contributed by atoms with E-state index in [4.69, 9.17) is 0 Å². The lowest BCUT2D eigenvalue weighted by Gasteiger charge is -2.25. The summed E-state index contributed by atoms with van der Waals surface area (Å²) in [5.74, 6) is -3.49. The van der Waals surface area contributed by atoms with E-state index in [-0.39, 0.29) is 36.4 Å². The average Bonchev–Trinajstić information content (AvgIpc) is 3.08. The van der Waals surface area contributed by atoms with Crippen LogP contribution in [0.1, 0.15) is 46.5 Å². The number of carbonyl (C=O) groups is 5. The fourth-order valence-electron chi connectivity index (χ4n) is 3.95. The van der Waals surface area contributed by atoms with Crippen molar-refractivity contribution in [3.05, 3.63) is 71.3 Å². The topological polar surface area (TPSA) is 133 Å². The van der Waals surface area contributed by atoms with Gasteiger partial charge in [-0.3, -0.25) is 24.1 Å². The van der Waals surface area contributed by atoms with Gasteiger partial charge in [-0.15, -0.1) is 0 Å². The number of aliphatic carboxylic acids is 1. The lowest BCUT2D eigenvalue weighted by molar-refractivity contribution is -0.142. The van der Waals surface area contributed by atoms with Gasteiger partial charge in [0.2, 0.25) is 11.8 Å². The van der Waals surface area contributed by atoms with E-state index in [1.165, 1.54) is 0 Å². The van der Waals surface area contributed by atoms with Crippen LogP contribution in [0.15, 0.2) is 54.6 Å². The molecule has 3 atom stereocenters. The smallest absolute Gasteiger partial charge is 0.326 e. The highest BCUT2D eigenvalue weighted by atomic mass is 32.1. The van der Waals surface area contributed by atoms with E-state index >= 15 is 0 Å². The van der Waals surface area contributed by atoms with Crippen molar-refractivity contribution in [3.8, 4) is 0 Å². The SMILES string of the molecule is CC(C)CC(NC(=O)C(S)CN1C(=O)c2ccccc2C1=O)C(=O)N[C@@H](Cc1ccccc1)C(=O)O. The van der Waals surface area contributed by atoms with Crippen molar-refractivity contribution < 1.29 is 29.1 Å². The quantitative estimate of drug-likeness (QED) is 0.269. The maximum Gasteiger partial charge on any atom is 0.326 e. The highest BCUT2D eigenvalue weighted by Crippen LogP contribution is 2.23. The van der Waals surface area contributed by atoms with Crippen LogP contribution in [0.25, 0.3) is 0 Å². The fourth-order valence-corrected chi connectivity index (χ4v) is 4.19. The van der Waals surface area contributed by atoms with Gasteiger partial charge in [-0.1, -0.05) is 56.3 Å². The summed E-state index contributed by atoms with van der Waals surface area (Å²) >= 11 is 4.28. The molecule has 1 aliphatic heterocycles. The Labute approximate surface area is 214 Å². The summed E-state index contributed by atoms with van der Waals surface area (Å²) in [6, 6.07) is 13.1. The van der Waals surface area contributed by atoms with Crippen LogP contribution in [0.2, 0.25) is 0 Å². The number of fused-ring (bicyclic) bond motifs is 1. The number of nitrogens with one attached hydrogen (secondary N) is 2. The second-order valence-electron chi connectivity index (χ2n) is 9.06. The summed E-state index contributed by atoms with van der Waals surface area (Å²) in [5, 5.41) is 13.7. The molecule has 0 saturated heterocycles. The Morgan fingerprint density at radius 3 is 1.92 bits per heavy atom. The molecule has 0 fully saturated rings. The van der Waals surface area contributed by atoms with E-state index in [2.05, 4.69) is 23.3 Å². The maximum absolute atomic E-state index is 13.0. The Morgan fingerprint density at radius 1 is 0.861 bits per heavy atom. The van der Waals surface area contributed by atoms with Crippen LogP contribution in [0, 0.1) is 5.92 Å². The predicted octanol–water partition coefficient (Wildman–Crippen LogP) is 1.92. The van der Waals surface area contributed by atoms with Crippen LogP contribution < -0.4 is 10.6 Å². The van der Waals surface area contributed by atoms with Crippen LogP contribution in [0.3, 0.4) is 0 Å². The van der Waals surface area contributed by atoms with Gasteiger partial charge in [0.15, 0.2) is 0 Å². The Hall–Kier alpha value is -3.66. The summed E-state index contributed by atoms with van der Waals surface area (Å²) in [7, 11) is 0. The molecule has 2 aromatic carbocycles. The Bertz CT molecular complexity index is 1120. The zero-order valence-electron chi connectivity index (χ0n) is 20.0. The molecule has 2 unspecified atom stereocenters. The number of carboxylic acid groups (broad SMARTS) is 1. The zero-order chi connectivity index (χ0) is 26.4. The average molecular weight is 512 g/mol. The molecule has 0 aromatic heterocycles. The van der Waals surface area contributed by atoms with E-state index in [1.54, 1.807) is 48.5 Å². The van der Waals surface area contributed by atoms with E-state index in [1.807, 2.05) is 19.9 Å². The molecule has 3 N–H and O–H groups in total. The molecule has 3 rings (SSSR count). The van der Waals surface area contributed by atoms with Crippen molar-refractivity contribution in [2.75, 3.05) is 6.54 Å². The number of hydrogen-bond donors (Lipinski definition) is 4. The molecule has 0 spiro atoms. The molecular formula is C26H29N3O6S. The first-order valence-corrected chi connectivity index (χ1v) is 12.1. The molecular weight excluding hydrogens is 482 g/mol. The van der Waals surface area contributed by atoms with Gasteiger partial charge in [0.1, 0.15) is 12.1 Å². The third-order valence-electron chi connectivity index (χ3n) is 5.77. The van der Waals surface area contributed by atoms with Crippen LogP contribution in [0.5, 0.6) is 0 Å². The molecule has 0 aliphatic carbocycles. The molecule has 2 aromatic rings. The normalized spacial score (nSPS) is 15.3. The molecule has 36 heavy (non-hydrogen) atoms. The highest BCUT2D eigenvalue weighted by molar-refractivity contribution is 7.81. The number of thiol groups is 1. The highest BCUT2D eigenvalue weighted by Gasteiger charge is 2.37. The number of hydrogen-bond acceptors (Lipinski definition) is 6. The monoisotopic (exact) mass is 511 g/mol. The standard InChI is InChI=1S/C26H29N3O6S/c1-15(2)12-19(22(30)28-20(26(34)35)13-16-8-4-3-5-9-16)27-23(31)21(36)14-29-24(32)17-10-6-7-11-18(17)25(29)33/h3-11,15,19-21,36H,12-14H2,1-2H3,(H,27,31)(H,28,30)(H,34,35)/t19?,20-,21?/m0/s1. The molecule has 190 valence electrons. The minimum absolute atomic E-state index is 0.00746. The summed E-state index contributed by atoms with van der Waals surface area (Å²) in [4.78, 5) is 63.8. The molecule has 0 bridgehead atoms. The van der Waals surface area contributed by atoms with Gasteiger partial charge in [-0.05, 0) is 30.0 Å². The molecule has 9 nitrogen and oxygen atoms in total. The van der Waals surface area contributed by atoms with E-state index in [9.17, 15) is 29.1 Å². The lowest BCUT2D eigenvalue weighted by atomic mass is 10.0. The Morgan fingerprint density at radius 2 is 1.39 bits per heavy atom. The maximum atomic E-state index is 13.0. The van der Waals surface area contributed by atoms with Gasteiger partial charge < -0.3 is 15.7 Å². The Balaban J connectivity index is 1.66. The number of carboxylic acids is 1. The van der Waals surface area contributed by atoms with Crippen LogP contribution in [-0.2, 0) is 20.8 Å². The Kier molecular flexibility index (Phi) is 8.87. The number of amides is 4. The molecule has 4 amide bonds. The van der Waals surface area contributed by atoms with Crippen molar-refractivity contribution >= 4 is 42.2 Å². The van der Waals surface area contributed by atoms with Gasteiger partial charge in [-0.25, -0.2) is 4.79 Å². The van der Waals surface area contributed by atoms with E-state index in [0.29, 0.717) is 0 Å². The van der Waals surface area contributed by atoms with Crippen LogP contribution in [0.4, 0.5) is 0 Å². The molecule has 0 radical (unpaired) electrons. The number of nitrogens with zero attached hydrogens (tertiary/aromatic N) is 1. The predicted molar refractivity (Wildman–Crippen MR) is 136 cm³/mol. The largest absolute Gasteiger partial charge is 0.480 e. The number of benzene rings is 2. The van der Waals surface area contributed by atoms with Crippen molar-refractivity contribution in [1.82, 2.24) is 15.5 Å². The number of imide groups is 1. The van der Waals surface area contributed by atoms with Crippen molar-refractivity contribution in [3.63, 3.8) is 0 Å². The molecule has 1 heterocycles. The minimum Gasteiger partial charge on any atom is -0.480 e. The third kappa shape index (κ3) is 6.51. The second-order valence-corrected chi connectivity index (χ2v) is 9.69. The zero-order valence-corrected chi connectivity index (χ0v) is 20.9. The summed E-state index contributed by atoms with van der Waals surface area (Å²) < 4.78 is 0. The number of rotatable bonds is 11. The van der Waals surface area contributed by atoms with E-state index in [0.717, 1.165) is 10.5 Å². The summed E-state index contributed by atoms with van der Waals surface area (Å²) in [6.07, 6.45) is 0.335. The fraction of sp³-hybridized carbons (Fsp3) is 0.346. The first-order valence-electron chi connectivity index (χ1n) is 11.6. The molecule has 10 heteroatoms. The molecule has 0 saturated carbocycles. The third-order valence-corrected chi connectivity index (χ3v) is 6.17. The van der Waals surface area contributed by atoms with Gasteiger partial charge >= 0.3 is 5.97 Å². The van der Waals surface area contributed by atoms with Gasteiger partial charge in [0.25, 0.3) is 11.8 Å². The summed E-state index contributed by atoms with van der Waals surface area (Å²) in [6.45, 7) is 3.45. The van der Waals surface area contributed by atoms with E-state index < -0.39 is 46.9 Å². The minimum atomic E-state index is -1.19. The van der Waals surface area contributed by atoms with Crippen LogP contribution in [-0.4, -0.2) is 63.5 Å². The second kappa shape index (κ2) is 11.9. The van der Waals surface area contributed by atoms with Crippen molar-refractivity contribution in [2.24, 2.45) is 5.92 Å². The first-order chi connectivity index (χ1) is 17.1. The lowest BCUT2D eigenvalue weighted by Crippen LogP contribution is -2.54. The molecule has 1 aliphatic rings. The van der Waals surface area contributed by atoms with Crippen molar-refractivity contribution in [1.29, 1.82) is 0 Å². The van der Waals surface area contributed by atoms with Gasteiger partial charge in [0, 0.05) is 13.0 Å². The summed E-state index contributed by atoms with van der Waals surface area (Å²) in [5.41, 5.74) is 1.27.